The molecular weight excluding hydrogens is 585 g/mol. The molecular formula is C46H42O2. The number of rotatable bonds is 3. The highest BCUT2D eigenvalue weighted by Crippen LogP contribution is 2.53. The van der Waals surface area contributed by atoms with Gasteiger partial charge in [-0.2, -0.15) is 0 Å². The quantitative estimate of drug-likeness (QED) is 0.190. The summed E-state index contributed by atoms with van der Waals surface area (Å²) in [7, 11) is 0. The molecule has 2 aliphatic rings. The molecule has 238 valence electrons. The highest BCUT2D eigenvalue weighted by Gasteiger charge is 2.37. The van der Waals surface area contributed by atoms with Crippen LogP contribution in [0.15, 0.2) is 109 Å². The summed E-state index contributed by atoms with van der Waals surface area (Å²) in [5, 5.41) is 0. The molecule has 8 rings (SSSR count). The minimum absolute atomic E-state index is 0.191. The Morgan fingerprint density at radius 1 is 0.396 bits per heavy atom. The summed E-state index contributed by atoms with van der Waals surface area (Å²) < 4.78 is 222. The van der Waals surface area contributed by atoms with E-state index in [-0.39, 0.29) is 44.9 Å². The lowest BCUT2D eigenvalue weighted by atomic mass is 9.74. The first-order chi connectivity index (χ1) is 32.8. The van der Waals surface area contributed by atoms with Crippen LogP contribution in [-0.4, -0.2) is 0 Å². The van der Waals surface area contributed by atoms with Gasteiger partial charge in [-0.3, -0.25) is 0 Å². The number of hydrogen-bond acceptors (Lipinski definition) is 2. The molecule has 0 unspecified atom stereocenters. The van der Waals surface area contributed by atoms with Crippen LogP contribution >= 0.6 is 0 Å². The van der Waals surface area contributed by atoms with E-state index < -0.39 is 122 Å². The molecule has 0 fully saturated rings. The molecule has 0 spiro atoms. The number of para-hydroxylation sites is 4. The van der Waals surface area contributed by atoms with Gasteiger partial charge < -0.3 is 9.47 Å². The van der Waals surface area contributed by atoms with Gasteiger partial charge in [-0.1, -0.05) is 124 Å². The zero-order chi connectivity index (χ0) is 53.5. The van der Waals surface area contributed by atoms with E-state index in [1.54, 1.807) is 0 Å². The van der Waals surface area contributed by atoms with Gasteiger partial charge in [0.05, 0.1) is 0 Å². The van der Waals surface area contributed by atoms with Crippen molar-refractivity contribution in [3.8, 4) is 56.4 Å². The second-order valence-corrected chi connectivity index (χ2v) is 11.9. The third-order valence-corrected chi connectivity index (χ3v) is 9.03. The Balaban J connectivity index is 1.47. The molecule has 0 saturated carbocycles. The number of benzene rings is 6. The molecule has 2 heterocycles. The third-order valence-electron chi connectivity index (χ3n) is 9.03. The lowest BCUT2D eigenvalue weighted by Crippen LogP contribution is -2.24. The van der Waals surface area contributed by atoms with Crippen LogP contribution in [0, 0.1) is 27.4 Å². The van der Waals surface area contributed by atoms with Crippen LogP contribution in [0.1, 0.15) is 105 Å². The first kappa shape index (κ1) is 13.8. The summed E-state index contributed by atoms with van der Waals surface area (Å²) in [6.45, 7) is -26.1. The van der Waals surface area contributed by atoms with E-state index in [2.05, 4.69) is 0 Å². The fourth-order valence-electron chi connectivity index (χ4n) is 6.64. The molecule has 2 aliphatic heterocycles. The zero-order valence-corrected chi connectivity index (χ0v) is 25.2. The van der Waals surface area contributed by atoms with E-state index in [4.69, 9.17) is 42.4 Å². The predicted molar refractivity (Wildman–Crippen MR) is 199 cm³/mol. The monoisotopic (exact) mass is 650 g/mol. The van der Waals surface area contributed by atoms with Gasteiger partial charge in [0.15, 0.2) is 0 Å². The molecule has 48 heavy (non-hydrogen) atoms. The maximum absolute atomic E-state index is 8.79. The molecule has 0 amide bonds. The number of ether oxygens (including phenoxy) is 2. The fourth-order valence-corrected chi connectivity index (χ4v) is 6.64. The van der Waals surface area contributed by atoms with Crippen LogP contribution in [0.25, 0.3) is 33.4 Å². The van der Waals surface area contributed by atoms with E-state index in [0.717, 1.165) is 24.3 Å². The van der Waals surface area contributed by atoms with E-state index in [1.807, 2.05) is 0 Å². The zero-order valence-electron chi connectivity index (χ0n) is 49.2. The lowest BCUT2D eigenvalue weighted by Gasteiger charge is -2.35. The average Bonchev–Trinajstić information content (AvgIpc) is 3.23. The molecule has 2 nitrogen and oxygen atoms in total. The SMILES string of the molecule is [2H]C([2H])([2H])c1cc(-c2cccc3c2Oc2ccccc2C3(C([2H])([2H])[2H])C([2H])([2H])[2H])c(C([2H])([2H])[2H])cc1-c1cc(C([2H])([2H])[2H])c(-c2cccc3c2Oc2ccccc2C3(C([2H])([2H])[2H])C([2H])([2H])[2H])cc1C([2H])([2H])[2H]. The summed E-state index contributed by atoms with van der Waals surface area (Å²) in [5.41, 5.74) is -11.8. The fraction of sp³-hybridized carbons (Fsp3) is 0.217. The topological polar surface area (TPSA) is 18.5 Å². The Morgan fingerprint density at radius 2 is 0.750 bits per heavy atom. The summed E-state index contributed by atoms with van der Waals surface area (Å²) in [5.74, 6) is -1.20. The first-order valence-electron chi connectivity index (χ1n) is 27.0. The highest BCUT2D eigenvalue weighted by molar-refractivity contribution is 5.85. The second-order valence-electron chi connectivity index (χ2n) is 11.9. The number of fused-ring (bicyclic) bond motifs is 4. The van der Waals surface area contributed by atoms with Crippen LogP contribution in [0.3, 0.4) is 0 Å². The van der Waals surface area contributed by atoms with Gasteiger partial charge in [0.1, 0.15) is 23.0 Å². The number of aryl methyl sites for hydroxylation is 4. The minimum atomic E-state index is -3.30. The molecule has 0 radical (unpaired) electrons. The van der Waals surface area contributed by atoms with Crippen molar-refractivity contribution in [1.82, 2.24) is 0 Å². The lowest BCUT2D eigenvalue weighted by molar-refractivity contribution is 0.419. The maximum atomic E-state index is 8.79. The van der Waals surface area contributed by atoms with Gasteiger partial charge in [0, 0.05) is 77.1 Å². The van der Waals surface area contributed by atoms with Crippen molar-refractivity contribution in [2.24, 2.45) is 0 Å². The normalized spacial score (nSPS) is 24.4. The van der Waals surface area contributed by atoms with Crippen molar-refractivity contribution in [3.63, 3.8) is 0 Å². The smallest absolute Gasteiger partial charge is 0.139 e. The van der Waals surface area contributed by atoms with Crippen molar-refractivity contribution in [1.29, 1.82) is 0 Å². The van der Waals surface area contributed by atoms with Crippen molar-refractivity contribution >= 4 is 0 Å². The molecule has 0 bridgehead atoms. The van der Waals surface area contributed by atoms with Crippen LogP contribution in [-0.2, 0) is 10.8 Å². The summed E-state index contributed by atoms with van der Waals surface area (Å²) in [6.07, 6.45) is 0. The van der Waals surface area contributed by atoms with E-state index >= 15 is 0 Å². The van der Waals surface area contributed by atoms with Crippen molar-refractivity contribution in [2.45, 2.75) is 65.6 Å². The van der Waals surface area contributed by atoms with E-state index in [0.29, 0.717) is 0 Å². The molecule has 0 aliphatic carbocycles. The Kier molecular flexibility index (Phi) is 3.08. The maximum Gasteiger partial charge on any atom is 0.139 e. The molecule has 6 aromatic carbocycles. The number of hydrogen-bond donors (Lipinski definition) is 0. The van der Waals surface area contributed by atoms with Crippen molar-refractivity contribution in [3.05, 3.63) is 154 Å². The summed E-state index contributed by atoms with van der Waals surface area (Å²) in [4.78, 5) is 0. The molecule has 0 atom stereocenters. The molecule has 0 aromatic heterocycles. The largest absolute Gasteiger partial charge is 0.456 e. The van der Waals surface area contributed by atoms with Crippen molar-refractivity contribution in [2.75, 3.05) is 0 Å². The Hall–Kier alpha value is -5.08. The van der Waals surface area contributed by atoms with Gasteiger partial charge in [0.2, 0.25) is 0 Å². The standard InChI is InChI=1S/C46H42O2/c1-27-25-35(29(3)23-33(27)31-15-13-19-39-43(31)47-41-21-11-9-17-37(41)45(39,5)6)36-26-28(2)34(24-30(36)4)32-16-14-20-40-44(32)48-42-22-12-10-18-38(42)46(40,7)8/h9-26H,1-8H3/i1D3,2D3,3D3,4D3,5D3,6D3,7D3,8D3. The minimum Gasteiger partial charge on any atom is -0.456 e. The van der Waals surface area contributed by atoms with Gasteiger partial charge >= 0.3 is 0 Å². The molecule has 0 N–H and O–H groups in total. The molecule has 6 aromatic rings. The summed E-state index contributed by atoms with van der Waals surface area (Å²) >= 11 is 0. The Morgan fingerprint density at radius 3 is 1.12 bits per heavy atom. The van der Waals surface area contributed by atoms with E-state index in [1.165, 1.54) is 84.9 Å². The van der Waals surface area contributed by atoms with Crippen LogP contribution in [0.5, 0.6) is 23.0 Å². The van der Waals surface area contributed by atoms with Crippen LogP contribution in [0.2, 0.25) is 0 Å². The Labute approximate surface area is 318 Å². The second kappa shape index (κ2) is 10.7. The predicted octanol–water partition coefficient (Wildman–Crippen LogP) is 12.8. The van der Waals surface area contributed by atoms with Gasteiger partial charge in [-0.15, -0.1) is 0 Å². The molecule has 2 heteroatoms. The first-order valence-corrected chi connectivity index (χ1v) is 15.0. The summed E-state index contributed by atoms with van der Waals surface area (Å²) in [6, 6.07) is 22.2. The van der Waals surface area contributed by atoms with E-state index in [9.17, 15) is 0 Å². The van der Waals surface area contributed by atoms with Crippen LogP contribution in [0.4, 0.5) is 0 Å². The Bertz CT molecular complexity index is 2900. The van der Waals surface area contributed by atoms with Gasteiger partial charge in [0.25, 0.3) is 0 Å². The van der Waals surface area contributed by atoms with Gasteiger partial charge in [-0.25, -0.2) is 0 Å². The van der Waals surface area contributed by atoms with Gasteiger partial charge in [-0.05, 0) is 84.0 Å². The highest BCUT2D eigenvalue weighted by atomic mass is 16.5. The van der Waals surface area contributed by atoms with Crippen molar-refractivity contribution < 1.29 is 42.4 Å². The molecule has 0 saturated heterocycles. The third kappa shape index (κ3) is 4.46. The average molecular weight is 651 g/mol. The van der Waals surface area contributed by atoms with Crippen LogP contribution < -0.4 is 9.47 Å².